The SMILES string of the molecule is CCC(C)C(=O)CNC(C)(C=O)CC.CCNC(C)(C)C. The van der Waals surface area contributed by atoms with Crippen molar-refractivity contribution in [3.63, 3.8) is 0 Å². The normalized spacial score (nSPS) is 15.4. The third-order valence-electron chi connectivity index (χ3n) is 3.53. The lowest BCUT2D eigenvalue weighted by Crippen LogP contribution is -2.46. The minimum Gasteiger partial charge on any atom is -0.312 e. The highest BCUT2D eigenvalue weighted by Gasteiger charge is 2.22. The predicted molar refractivity (Wildman–Crippen MR) is 90.7 cm³/mol. The monoisotopic (exact) mass is 300 g/mol. The molecular formula is C17H36N2O2. The molecule has 0 saturated carbocycles. The molecule has 2 N–H and O–H groups in total. The molecule has 0 bridgehead atoms. The Hall–Kier alpha value is -0.740. The van der Waals surface area contributed by atoms with E-state index in [9.17, 15) is 9.59 Å². The number of nitrogens with one attached hydrogen (secondary N) is 2. The molecule has 0 saturated heterocycles. The fourth-order valence-electron chi connectivity index (χ4n) is 1.47. The molecule has 0 aliphatic carbocycles. The second-order valence-electron chi connectivity index (χ2n) is 6.80. The van der Waals surface area contributed by atoms with Crippen LogP contribution in [0.5, 0.6) is 0 Å². The number of rotatable bonds is 8. The number of aldehydes is 1. The summed E-state index contributed by atoms with van der Waals surface area (Å²) >= 11 is 0. The van der Waals surface area contributed by atoms with E-state index < -0.39 is 5.54 Å². The van der Waals surface area contributed by atoms with E-state index in [0.29, 0.717) is 12.0 Å². The first-order valence-electron chi connectivity index (χ1n) is 8.04. The van der Waals surface area contributed by atoms with Crippen molar-refractivity contribution in [3.8, 4) is 0 Å². The van der Waals surface area contributed by atoms with Crippen LogP contribution in [0.15, 0.2) is 0 Å². The van der Waals surface area contributed by atoms with E-state index in [0.717, 1.165) is 19.3 Å². The first-order chi connectivity index (χ1) is 9.55. The standard InChI is InChI=1S/C11H21NO2.C6H15N/c1-5-9(3)10(14)7-12-11(4,6-2)8-13;1-5-7-6(2,3)4/h8-9,12H,5-7H2,1-4H3;7H,5H2,1-4H3. The third-order valence-corrected chi connectivity index (χ3v) is 3.53. The van der Waals surface area contributed by atoms with Gasteiger partial charge in [0.05, 0.1) is 12.1 Å². The molecule has 0 aromatic heterocycles. The van der Waals surface area contributed by atoms with Crippen molar-refractivity contribution in [2.24, 2.45) is 5.92 Å². The number of hydrogen-bond acceptors (Lipinski definition) is 4. The first-order valence-corrected chi connectivity index (χ1v) is 8.04. The maximum absolute atomic E-state index is 11.5. The van der Waals surface area contributed by atoms with Crippen LogP contribution in [0.4, 0.5) is 0 Å². The third kappa shape index (κ3) is 12.7. The Labute approximate surface area is 131 Å². The Morgan fingerprint density at radius 2 is 1.62 bits per heavy atom. The second kappa shape index (κ2) is 10.9. The van der Waals surface area contributed by atoms with Gasteiger partial charge in [-0.05, 0) is 47.1 Å². The summed E-state index contributed by atoms with van der Waals surface area (Å²) in [4.78, 5) is 22.2. The number of carbonyl (C=O) groups excluding carboxylic acids is 2. The minimum atomic E-state index is -0.552. The van der Waals surface area contributed by atoms with Crippen molar-refractivity contribution in [1.82, 2.24) is 10.6 Å². The largest absolute Gasteiger partial charge is 0.312 e. The zero-order chi connectivity index (χ0) is 17.1. The molecule has 0 aliphatic heterocycles. The first kappa shape index (κ1) is 22.5. The van der Waals surface area contributed by atoms with Crippen LogP contribution >= 0.6 is 0 Å². The Bertz CT molecular complexity index is 298. The highest BCUT2D eigenvalue weighted by atomic mass is 16.1. The summed E-state index contributed by atoms with van der Waals surface area (Å²) in [5.41, 5.74) is -0.252. The Morgan fingerprint density at radius 1 is 1.10 bits per heavy atom. The van der Waals surface area contributed by atoms with E-state index >= 15 is 0 Å². The van der Waals surface area contributed by atoms with Gasteiger partial charge in [0.1, 0.15) is 12.1 Å². The minimum absolute atomic E-state index is 0.0789. The van der Waals surface area contributed by atoms with Gasteiger partial charge in [0, 0.05) is 11.5 Å². The molecule has 0 radical (unpaired) electrons. The summed E-state index contributed by atoms with van der Waals surface area (Å²) in [6, 6.07) is 0. The Morgan fingerprint density at radius 3 is 1.86 bits per heavy atom. The van der Waals surface area contributed by atoms with Crippen LogP contribution in [0.2, 0.25) is 0 Å². The average molecular weight is 300 g/mol. The lowest BCUT2D eigenvalue weighted by molar-refractivity contribution is -0.122. The zero-order valence-electron chi connectivity index (χ0n) is 15.3. The molecule has 0 aromatic carbocycles. The van der Waals surface area contributed by atoms with E-state index in [2.05, 4.69) is 38.3 Å². The molecule has 0 heterocycles. The summed E-state index contributed by atoms with van der Waals surface area (Å²) in [7, 11) is 0. The molecule has 2 unspecified atom stereocenters. The topological polar surface area (TPSA) is 58.2 Å². The molecule has 0 spiro atoms. The molecule has 2 atom stereocenters. The van der Waals surface area contributed by atoms with Gasteiger partial charge in [0.2, 0.25) is 0 Å². The van der Waals surface area contributed by atoms with Crippen molar-refractivity contribution in [2.45, 2.75) is 79.3 Å². The zero-order valence-corrected chi connectivity index (χ0v) is 15.3. The van der Waals surface area contributed by atoms with Crippen LogP contribution in [-0.4, -0.2) is 36.2 Å². The highest BCUT2D eigenvalue weighted by molar-refractivity contribution is 5.83. The predicted octanol–water partition coefficient (Wildman–Crippen LogP) is 2.95. The van der Waals surface area contributed by atoms with Crippen molar-refractivity contribution in [2.75, 3.05) is 13.1 Å². The Balaban J connectivity index is 0. The van der Waals surface area contributed by atoms with Gasteiger partial charge in [-0.2, -0.15) is 0 Å². The van der Waals surface area contributed by atoms with E-state index in [-0.39, 0.29) is 18.2 Å². The molecule has 4 nitrogen and oxygen atoms in total. The van der Waals surface area contributed by atoms with Crippen LogP contribution in [0.1, 0.15) is 68.2 Å². The maximum Gasteiger partial charge on any atom is 0.149 e. The molecule has 0 aliphatic rings. The van der Waals surface area contributed by atoms with E-state index in [1.807, 2.05) is 27.7 Å². The molecule has 0 amide bonds. The van der Waals surface area contributed by atoms with Crippen molar-refractivity contribution in [1.29, 1.82) is 0 Å². The maximum atomic E-state index is 11.5. The smallest absolute Gasteiger partial charge is 0.149 e. The fourth-order valence-corrected chi connectivity index (χ4v) is 1.47. The van der Waals surface area contributed by atoms with Crippen LogP contribution in [0, 0.1) is 5.92 Å². The van der Waals surface area contributed by atoms with E-state index in [4.69, 9.17) is 0 Å². The van der Waals surface area contributed by atoms with Gasteiger partial charge in [-0.1, -0.05) is 27.7 Å². The van der Waals surface area contributed by atoms with Gasteiger partial charge in [0.25, 0.3) is 0 Å². The van der Waals surface area contributed by atoms with Crippen molar-refractivity contribution < 1.29 is 9.59 Å². The summed E-state index contributed by atoms with van der Waals surface area (Å²) < 4.78 is 0. The number of Topliss-reactive ketones (excluding diaryl/α,β-unsaturated/α-hetero) is 1. The van der Waals surface area contributed by atoms with Crippen molar-refractivity contribution >= 4 is 12.1 Å². The molecular weight excluding hydrogens is 264 g/mol. The summed E-state index contributed by atoms with van der Waals surface area (Å²) in [6.45, 7) is 17.6. The van der Waals surface area contributed by atoms with Crippen molar-refractivity contribution in [3.05, 3.63) is 0 Å². The van der Waals surface area contributed by atoms with Gasteiger partial charge in [-0.25, -0.2) is 0 Å². The number of ketones is 1. The summed E-state index contributed by atoms with van der Waals surface area (Å²) in [5, 5.41) is 6.28. The van der Waals surface area contributed by atoms with E-state index in [1.165, 1.54) is 0 Å². The van der Waals surface area contributed by atoms with Crippen LogP contribution < -0.4 is 10.6 Å². The van der Waals surface area contributed by atoms with Gasteiger partial charge < -0.3 is 10.1 Å². The van der Waals surface area contributed by atoms with Gasteiger partial charge in [-0.15, -0.1) is 0 Å². The van der Waals surface area contributed by atoms with Crippen LogP contribution in [0.25, 0.3) is 0 Å². The molecule has 126 valence electrons. The summed E-state index contributed by atoms with van der Waals surface area (Å²) in [6.07, 6.45) is 2.42. The van der Waals surface area contributed by atoms with Gasteiger partial charge >= 0.3 is 0 Å². The molecule has 0 rings (SSSR count). The second-order valence-corrected chi connectivity index (χ2v) is 6.80. The Kier molecular flexibility index (Phi) is 11.7. The lowest BCUT2D eigenvalue weighted by Gasteiger charge is -2.23. The number of hydrogen-bond donors (Lipinski definition) is 2. The molecule has 0 fully saturated rings. The molecule has 21 heavy (non-hydrogen) atoms. The quantitative estimate of drug-likeness (QED) is 0.677. The van der Waals surface area contributed by atoms with E-state index in [1.54, 1.807) is 0 Å². The molecule has 0 aromatic rings. The lowest BCUT2D eigenvalue weighted by atomic mass is 9.99. The van der Waals surface area contributed by atoms with Crippen LogP contribution in [0.3, 0.4) is 0 Å². The average Bonchev–Trinajstić information content (AvgIpc) is 2.42. The van der Waals surface area contributed by atoms with Crippen LogP contribution in [-0.2, 0) is 9.59 Å². The van der Waals surface area contributed by atoms with Gasteiger partial charge in [-0.3, -0.25) is 10.1 Å². The fraction of sp³-hybridized carbons (Fsp3) is 0.882. The number of carbonyl (C=O) groups is 2. The summed E-state index contributed by atoms with van der Waals surface area (Å²) in [5.74, 6) is 0.254. The molecule has 4 heteroatoms. The highest BCUT2D eigenvalue weighted by Crippen LogP contribution is 2.06. The van der Waals surface area contributed by atoms with Gasteiger partial charge in [0.15, 0.2) is 0 Å².